The van der Waals surface area contributed by atoms with Gasteiger partial charge in [0.15, 0.2) is 0 Å². The Kier molecular flexibility index (Phi) is 4.74. The van der Waals surface area contributed by atoms with Gasteiger partial charge in [-0.2, -0.15) is 0 Å². The molecule has 1 amide bonds. The summed E-state index contributed by atoms with van der Waals surface area (Å²) >= 11 is 5.77. The van der Waals surface area contributed by atoms with Crippen LogP contribution in [0.1, 0.15) is 5.56 Å². The van der Waals surface area contributed by atoms with Gasteiger partial charge in [-0.3, -0.25) is 9.69 Å². The van der Waals surface area contributed by atoms with E-state index in [1.807, 2.05) is 4.90 Å². The second kappa shape index (κ2) is 6.32. The highest BCUT2D eigenvalue weighted by molar-refractivity contribution is 6.30. The number of rotatable bonds is 3. The molecule has 1 aromatic carbocycles. The third kappa shape index (κ3) is 3.23. The molecule has 1 heterocycles. The lowest BCUT2D eigenvalue weighted by atomic mass is 10.1. The monoisotopic (exact) mass is 285 g/mol. The van der Waals surface area contributed by atoms with Crippen LogP contribution in [0.5, 0.6) is 0 Å². The van der Waals surface area contributed by atoms with Crippen molar-refractivity contribution in [2.24, 2.45) is 0 Å². The summed E-state index contributed by atoms with van der Waals surface area (Å²) in [5.74, 6) is -0.465. The van der Waals surface area contributed by atoms with Crippen molar-refractivity contribution in [2.45, 2.75) is 12.6 Å². The highest BCUT2D eigenvalue weighted by Crippen LogP contribution is 2.20. The Hall–Kier alpha value is -1.17. The summed E-state index contributed by atoms with van der Waals surface area (Å²) in [6.07, 6.45) is 0. The van der Waals surface area contributed by atoms with Gasteiger partial charge in [-0.1, -0.05) is 23.7 Å². The first-order valence-corrected chi connectivity index (χ1v) is 6.60. The lowest BCUT2D eigenvalue weighted by molar-refractivity contribution is -0.126. The number of carbonyl (C=O) groups excluding carboxylic acids is 1. The first-order valence-electron chi connectivity index (χ1n) is 6.22. The Labute approximate surface area is 116 Å². The Morgan fingerprint density at radius 2 is 2.42 bits per heavy atom. The van der Waals surface area contributed by atoms with Gasteiger partial charge in [0.2, 0.25) is 5.91 Å². The molecule has 0 aromatic heterocycles. The minimum atomic E-state index is -0.404. The van der Waals surface area contributed by atoms with E-state index in [-0.39, 0.29) is 17.0 Å². The van der Waals surface area contributed by atoms with Crippen LogP contribution in [-0.4, -0.2) is 43.5 Å². The zero-order valence-electron chi connectivity index (χ0n) is 10.7. The lowest BCUT2D eigenvalue weighted by Gasteiger charge is -2.34. The van der Waals surface area contributed by atoms with Crippen LogP contribution in [0, 0.1) is 5.82 Å². The van der Waals surface area contributed by atoms with Crippen molar-refractivity contribution < 1.29 is 9.18 Å². The maximum Gasteiger partial charge on any atom is 0.238 e. The topological polar surface area (TPSA) is 44.4 Å². The highest BCUT2D eigenvalue weighted by Gasteiger charge is 2.28. The summed E-state index contributed by atoms with van der Waals surface area (Å²) in [6, 6.07) is 4.66. The van der Waals surface area contributed by atoms with Gasteiger partial charge >= 0.3 is 0 Å². The van der Waals surface area contributed by atoms with E-state index in [2.05, 4.69) is 10.6 Å². The summed E-state index contributed by atoms with van der Waals surface area (Å²) in [5, 5.41) is 5.92. The molecule has 1 atom stereocenters. The first kappa shape index (κ1) is 14.2. The summed E-state index contributed by atoms with van der Waals surface area (Å²) in [4.78, 5) is 13.8. The van der Waals surface area contributed by atoms with Gasteiger partial charge < -0.3 is 10.6 Å². The van der Waals surface area contributed by atoms with Crippen molar-refractivity contribution in [1.29, 1.82) is 0 Å². The summed E-state index contributed by atoms with van der Waals surface area (Å²) in [5.41, 5.74) is 0.517. The van der Waals surface area contributed by atoms with E-state index in [4.69, 9.17) is 11.6 Å². The van der Waals surface area contributed by atoms with Crippen LogP contribution < -0.4 is 10.6 Å². The van der Waals surface area contributed by atoms with Crippen molar-refractivity contribution >= 4 is 17.5 Å². The van der Waals surface area contributed by atoms with Gasteiger partial charge in [0.25, 0.3) is 0 Å². The molecule has 2 rings (SSSR count). The van der Waals surface area contributed by atoms with E-state index in [9.17, 15) is 9.18 Å². The van der Waals surface area contributed by atoms with Crippen LogP contribution >= 0.6 is 11.6 Å². The van der Waals surface area contributed by atoms with Crippen molar-refractivity contribution in [3.05, 3.63) is 34.6 Å². The van der Waals surface area contributed by atoms with Gasteiger partial charge in [-0.15, -0.1) is 0 Å². The van der Waals surface area contributed by atoms with Crippen molar-refractivity contribution in [1.82, 2.24) is 15.5 Å². The fourth-order valence-electron chi connectivity index (χ4n) is 2.25. The average molecular weight is 286 g/mol. The SMILES string of the molecule is CNC(=O)C1CNCCN1Cc1cccc(Cl)c1F. The lowest BCUT2D eigenvalue weighted by Crippen LogP contribution is -2.56. The van der Waals surface area contributed by atoms with Crippen LogP contribution in [0.3, 0.4) is 0 Å². The number of nitrogens with zero attached hydrogens (tertiary/aromatic N) is 1. The molecule has 1 aliphatic heterocycles. The zero-order chi connectivity index (χ0) is 13.8. The second-order valence-electron chi connectivity index (χ2n) is 4.52. The zero-order valence-corrected chi connectivity index (χ0v) is 11.5. The minimum Gasteiger partial charge on any atom is -0.358 e. The van der Waals surface area contributed by atoms with Gasteiger partial charge in [0.1, 0.15) is 11.9 Å². The maximum absolute atomic E-state index is 13.9. The molecule has 104 valence electrons. The summed E-state index contributed by atoms with van der Waals surface area (Å²) in [6.45, 7) is 2.44. The standard InChI is InChI=1S/C13H17ClFN3O/c1-16-13(19)11-7-17-5-6-18(11)8-9-3-2-4-10(14)12(9)15/h2-4,11,17H,5-8H2,1H3,(H,16,19). The minimum absolute atomic E-state index is 0.0605. The van der Waals surface area contributed by atoms with Crippen LogP contribution in [0.15, 0.2) is 18.2 Å². The van der Waals surface area contributed by atoms with Crippen LogP contribution in [0.2, 0.25) is 5.02 Å². The van der Waals surface area contributed by atoms with E-state index in [0.717, 1.165) is 6.54 Å². The maximum atomic E-state index is 13.9. The van der Waals surface area contributed by atoms with Crippen LogP contribution in [0.4, 0.5) is 4.39 Å². The van der Waals surface area contributed by atoms with Gasteiger partial charge in [-0.05, 0) is 6.07 Å². The number of likely N-dealkylation sites (N-methyl/N-ethyl adjacent to an activating group) is 1. The molecule has 4 nitrogen and oxygen atoms in total. The number of benzene rings is 1. The molecular formula is C13H17ClFN3O. The van der Waals surface area contributed by atoms with Gasteiger partial charge in [-0.25, -0.2) is 4.39 Å². The molecule has 0 aliphatic carbocycles. The molecule has 1 unspecified atom stereocenters. The fraction of sp³-hybridized carbons (Fsp3) is 0.462. The Morgan fingerprint density at radius 1 is 1.63 bits per heavy atom. The molecular weight excluding hydrogens is 269 g/mol. The molecule has 0 saturated carbocycles. The predicted molar refractivity (Wildman–Crippen MR) is 72.5 cm³/mol. The van der Waals surface area contributed by atoms with E-state index in [0.29, 0.717) is 25.2 Å². The van der Waals surface area contributed by atoms with Crippen molar-refractivity contribution in [2.75, 3.05) is 26.7 Å². The molecule has 1 fully saturated rings. The summed E-state index contributed by atoms with van der Waals surface area (Å²) < 4.78 is 13.9. The number of amides is 1. The number of hydrogen-bond donors (Lipinski definition) is 2. The Balaban J connectivity index is 2.15. The molecule has 0 spiro atoms. The molecule has 2 N–H and O–H groups in total. The van der Waals surface area contributed by atoms with Gasteiger partial charge in [0, 0.05) is 38.8 Å². The first-order chi connectivity index (χ1) is 9.13. The van der Waals surface area contributed by atoms with E-state index in [1.54, 1.807) is 19.2 Å². The molecule has 6 heteroatoms. The quantitative estimate of drug-likeness (QED) is 0.871. The molecule has 19 heavy (non-hydrogen) atoms. The third-order valence-corrected chi connectivity index (χ3v) is 3.60. The van der Waals surface area contributed by atoms with E-state index < -0.39 is 5.82 Å². The van der Waals surface area contributed by atoms with Gasteiger partial charge in [0.05, 0.1) is 5.02 Å². The smallest absolute Gasteiger partial charge is 0.238 e. The van der Waals surface area contributed by atoms with Crippen LogP contribution in [-0.2, 0) is 11.3 Å². The van der Waals surface area contributed by atoms with E-state index >= 15 is 0 Å². The summed E-state index contributed by atoms with van der Waals surface area (Å²) in [7, 11) is 1.61. The molecule has 1 aliphatic rings. The number of piperazine rings is 1. The third-order valence-electron chi connectivity index (χ3n) is 3.31. The number of carbonyl (C=O) groups is 1. The number of halogens is 2. The predicted octanol–water partition coefficient (Wildman–Crippen LogP) is 0.999. The van der Waals surface area contributed by atoms with Crippen molar-refractivity contribution in [3.8, 4) is 0 Å². The Morgan fingerprint density at radius 3 is 3.16 bits per heavy atom. The normalized spacial score (nSPS) is 20.3. The highest BCUT2D eigenvalue weighted by atomic mass is 35.5. The fourth-order valence-corrected chi connectivity index (χ4v) is 2.44. The molecule has 1 aromatic rings. The average Bonchev–Trinajstić information content (AvgIpc) is 2.43. The molecule has 0 radical (unpaired) electrons. The number of hydrogen-bond acceptors (Lipinski definition) is 3. The molecule has 0 bridgehead atoms. The van der Waals surface area contributed by atoms with Crippen molar-refractivity contribution in [3.63, 3.8) is 0 Å². The largest absolute Gasteiger partial charge is 0.358 e. The van der Waals surface area contributed by atoms with E-state index in [1.165, 1.54) is 6.07 Å². The molecule has 1 saturated heterocycles. The van der Waals surface area contributed by atoms with Crippen LogP contribution in [0.25, 0.3) is 0 Å². The second-order valence-corrected chi connectivity index (χ2v) is 4.92. The Bertz CT molecular complexity index is 469. The number of nitrogens with one attached hydrogen (secondary N) is 2.